The molecule has 2 aliphatic rings. The second kappa shape index (κ2) is 14.8. The van der Waals surface area contributed by atoms with E-state index in [0.29, 0.717) is 21.8 Å². The van der Waals surface area contributed by atoms with E-state index in [0.717, 1.165) is 32.2 Å². The van der Waals surface area contributed by atoms with E-state index in [1.165, 1.54) is 30.2 Å². The van der Waals surface area contributed by atoms with Gasteiger partial charge < -0.3 is 15.4 Å². The molecule has 50 heavy (non-hydrogen) atoms. The van der Waals surface area contributed by atoms with Gasteiger partial charge in [0.15, 0.2) is 0 Å². The van der Waals surface area contributed by atoms with Gasteiger partial charge in [0.25, 0.3) is 0 Å². The van der Waals surface area contributed by atoms with E-state index in [2.05, 4.69) is 22.8 Å². The molecule has 250 valence electrons. The highest BCUT2D eigenvalue weighted by molar-refractivity contribution is 8.00. The van der Waals surface area contributed by atoms with Crippen LogP contribution in [-0.2, 0) is 9.53 Å². The van der Waals surface area contributed by atoms with Gasteiger partial charge in [-0.1, -0.05) is 103 Å². The molecule has 5 aromatic rings. The minimum atomic E-state index is -0.663. The monoisotopic (exact) mass is 715 g/mol. The van der Waals surface area contributed by atoms with Gasteiger partial charge in [0.1, 0.15) is 15.8 Å². The first-order valence-electron chi connectivity index (χ1n) is 16.0. The highest BCUT2D eigenvalue weighted by Gasteiger charge is 2.37. The molecule has 1 aromatic heterocycles. The number of carbonyl (C=O) groups is 3. The number of amides is 3. The van der Waals surface area contributed by atoms with E-state index in [1.807, 2.05) is 132 Å². The molecule has 0 spiro atoms. The van der Waals surface area contributed by atoms with Gasteiger partial charge in [0.05, 0.1) is 24.1 Å². The molecule has 3 atom stereocenters. The second-order valence-corrected chi connectivity index (χ2v) is 15.0. The number of urea groups is 1. The summed E-state index contributed by atoms with van der Waals surface area (Å²) in [4.78, 5) is 44.7. The fourth-order valence-corrected chi connectivity index (χ4v) is 9.27. The topological polar surface area (TPSA) is 87.7 Å². The lowest BCUT2D eigenvalue weighted by molar-refractivity contribution is -0.115. The van der Waals surface area contributed by atoms with Gasteiger partial charge in [0, 0.05) is 26.4 Å². The van der Waals surface area contributed by atoms with Gasteiger partial charge in [-0.3, -0.25) is 9.69 Å². The van der Waals surface area contributed by atoms with Gasteiger partial charge >= 0.3 is 12.0 Å². The third kappa shape index (κ3) is 7.00. The summed E-state index contributed by atoms with van der Waals surface area (Å²) in [5.74, 6) is -0.811. The second-order valence-electron chi connectivity index (χ2n) is 11.7. The van der Waals surface area contributed by atoms with Crippen molar-refractivity contribution in [3.05, 3.63) is 150 Å². The standard InChI is InChI=1S/C40H33N3O4S3/c1-25-19-21-26(22-20-25)30-24-48-38(35(30)39(45)47-2)42-37(44)36(27-11-4-3-5-12-27)49-29-14-10-13-28(23-29)41-40(46)43-31-15-6-8-17-33(31)50-34-18-9-7-16-32(34)43/h3-24,31,33,36H,1-2H3,(H,41,46)(H,42,44). The van der Waals surface area contributed by atoms with Crippen LogP contribution in [0.5, 0.6) is 0 Å². The highest BCUT2D eigenvalue weighted by Crippen LogP contribution is 2.44. The summed E-state index contributed by atoms with van der Waals surface area (Å²) in [7, 11) is 1.34. The number of hydrogen-bond acceptors (Lipinski definition) is 7. The third-order valence-electron chi connectivity index (χ3n) is 8.42. The molecule has 3 amide bonds. The first kappa shape index (κ1) is 33.5. The number of ether oxygens (including phenoxy) is 1. The lowest BCUT2D eigenvalue weighted by atomic mass is 10.0. The van der Waals surface area contributed by atoms with Crippen LogP contribution >= 0.6 is 34.9 Å². The van der Waals surface area contributed by atoms with Crippen LogP contribution in [-0.4, -0.2) is 36.3 Å². The van der Waals surface area contributed by atoms with Crippen molar-refractivity contribution in [2.45, 2.75) is 33.3 Å². The maximum Gasteiger partial charge on any atom is 0.341 e. The zero-order valence-corrected chi connectivity index (χ0v) is 29.7. The molecule has 7 nitrogen and oxygen atoms in total. The number of aryl methyl sites for hydroxylation is 1. The van der Waals surface area contributed by atoms with Crippen LogP contribution in [0.3, 0.4) is 0 Å². The van der Waals surface area contributed by atoms with Gasteiger partial charge in [0.2, 0.25) is 5.91 Å². The summed E-state index contributed by atoms with van der Waals surface area (Å²) in [5, 5.41) is 7.89. The molecule has 1 aliphatic heterocycles. The number of carbonyl (C=O) groups excluding carboxylic acids is 3. The summed E-state index contributed by atoms with van der Waals surface area (Å²) < 4.78 is 5.15. The van der Waals surface area contributed by atoms with Crippen molar-refractivity contribution in [3.8, 4) is 11.1 Å². The summed E-state index contributed by atoms with van der Waals surface area (Å²) in [5.41, 5.74) is 5.26. The minimum absolute atomic E-state index is 0.115. The van der Waals surface area contributed by atoms with Crippen molar-refractivity contribution in [1.82, 2.24) is 0 Å². The minimum Gasteiger partial charge on any atom is -0.465 e. The average Bonchev–Trinajstić information content (AvgIpc) is 3.56. The maximum absolute atomic E-state index is 14.1. The molecular formula is C40H33N3O4S3. The number of allylic oxidation sites excluding steroid dienone is 2. The van der Waals surface area contributed by atoms with Crippen molar-refractivity contribution < 1.29 is 19.1 Å². The van der Waals surface area contributed by atoms with E-state index in [4.69, 9.17) is 4.74 Å². The van der Waals surface area contributed by atoms with E-state index < -0.39 is 11.2 Å². The van der Waals surface area contributed by atoms with Gasteiger partial charge in [-0.05, 0) is 48.4 Å². The zero-order valence-electron chi connectivity index (χ0n) is 27.2. The van der Waals surface area contributed by atoms with Crippen molar-refractivity contribution >= 4 is 69.1 Å². The molecule has 4 aromatic carbocycles. The Morgan fingerprint density at radius 2 is 1.62 bits per heavy atom. The first-order valence-corrected chi connectivity index (χ1v) is 18.6. The Balaban J connectivity index is 1.14. The third-order valence-corrected chi connectivity index (χ3v) is 11.9. The maximum atomic E-state index is 14.1. The quantitative estimate of drug-likeness (QED) is 0.123. The predicted molar refractivity (Wildman–Crippen MR) is 206 cm³/mol. The van der Waals surface area contributed by atoms with Crippen molar-refractivity contribution in [3.63, 3.8) is 0 Å². The molecule has 2 N–H and O–H groups in total. The number of nitrogens with one attached hydrogen (secondary N) is 2. The smallest absolute Gasteiger partial charge is 0.341 e. The highest BCUT2D eigenvalue weighted by atomic mass is 32.2. The Bertz CT molecular complexity index is 2110. The van der Waals surface area contributed by atoms with Crippen molar-refractivity contribution in [2.75, 3.05) is 22.6 Å². The molecule has 3 unspecified atom stereocenters. The number of thioether (sulfide) groups is 2. The number of para-hydroxylation sites is 1. The van der Waals surface area contributed by atoms with E-state index in [-0.39, 0.29) is 23.2 Å². The molecule has 0 bridgehead atoms. The number of esters is 1. The Labute approximate surface area is 303 Å². The number of fused-ring (bicyclic) bond motifs is 2. The number of thiophene rings is 1. The SMILES string of the molecule is COC(=O)c1c(-c2ccc(C)cc2)csc1NC(=O)C(Sc1cccc(NC(=O)N2c3ccccc3SC3C=CC=CC32)c1)c1ccccc1. The Morgan fingerprint density at radius 3 is 2.42 bits per heavy atom. The van der Waals surface area contributed by atoms with Gasteiger partial charge in [-0.25, -0.2) is 9.59 Å². The summed E-state index contributed by atoms with van der Waals surface area (Å²) in [6.45, 7) is 2.00. The lowest BCUT2D eigenvalue weighted by Crippen LogP contribution is -2.49. The number of methoxy groups -OCH3 is 1. The summed E-state index contributed by atoms with van der Waals surface area (Å²) in [6, 6.07) is 32.5. The first-order chi connectivity index (χ1) is 24.4. The van der Waals surface area contributed by atoms with Crippen LogP contribution in [0.1, 0.15) is 26.7 Å². The number of benzene rings is 4. The molecule has 1 aliphatic carbocycles. The average molecular weight is 716 g/mol. The van der Waals surface area contributed by atoms with Crippen molar-refractivity contribution in [1.29, 1.82) is 0 Å². The molecule has 0 saturated carbocycles. The normalized spacial score (nSPS) is 16.6. The molecule has 0 fully saturated rings. The van der Waals surface area contributed by atoms with Crippen LogP contribution < -0.4 is 15.5 Å². The fourth-order valence-electron chi connectivity index (χ4n) is 5.97. The molecule has 7 rings (SSSR count). The Morgan fingerprint density at radius 1 is 0.860 bits per heavy atom. The molecule has 10 heteroatoms. The number of anilines is 3. The van der Waals surface area contributed by atoms with E-state index >= 15 is 0 Å². The lowest BCUT2D eigenvalue weighted by Gasteiger charge is -2.40. The van der Waals surface area contributed by atoms with Crippen LogP contribution in [0.25, 0.3) is 11.1 Å². The number of hydrogen-bond donors (Lipinski definition) is 2. The molecule has 0 saturated heterocycles. The van der Waals surface area contributed by atoms with Gasteiger partial charge in [-0.15, -0.1) is 34.9 Å². The Kier molecular flexibility index (Phi) is 9.93. The van der Waals surface area contributed by atoms with Crippen LogP contribution in [0, 0.1) is 6.92 Å². The van der Waals surface area contributed by atoms with Crippen LogP contribution in [0.2, 0.25) is 0 Å². The Hall–Kier alpha value is -5.03. The van der Waals surface area contributed by atoms with E-state index in [1.54, 1.807) is 11.8 Å². The predicted octanol–water partition coefficient (Wildman–Crippen LogP) is 9.99. The largest absolute Gasteiger partial charge is 0.465 e. The molecular weight excluding hydrogens is 683 g/mol. The van der Waals surface area contributed by atoms with Gasteiger partial charge in [-0.2, -0.15) is 0 Å². The van der Waals surface area contributed by atoms with Crippen LogP contribution in [0.4, 0.5) is 21.2 Å². The summed E-state index contributed by atoms with van der Waals surface area (Å²) in [6.07, 6.45) is 8.20. The number of rotatable bonds is 8. The molecule has 0 radical (unpaired) electrons. The zero-order chi connectivity index (χ0) is 34.6. The number of nitrogens with zero attached hydrogens (tertiary/aromatic N) is 1. The summed E-state index contributed by atoms with van der Waals surface area (Å²) >= 11 is 4.41. The van der Waals surface area contributed by atoms with Crippen LogP contribution in [0.15, 0.2) is 143 Å². The van der Waals surface area contributed by atoms with E-state index in [9.17, 15) is 14.4 Å². The molecule has 2 heterocycles. The fraction of sp³-hybridized carbons (Fsp3) is 0.125. The van der Waals surface area contributed by atoms with Crippen molar-refractivity contribution in [2.24, 2.45) is 0 Å².